The van der Waals surface area contributed by atoms with Gasteiger partial charge in [-0.05, 0) is 23.5 Å². The Kier molecular flexibility index (Phi) is 5.76. The van der Waals surface area contributed by atoms with E-state index in [2.05, 4.69) is 52.0 Å². The van der Waals surface area contributed by atoms with Crippen LogP contribution in [0.25, 0.3) is 0 Å². The van der Waals surface area contributed by atoms with Crippen LogP contribution in [-0.4, -0.2) is 10.4 Å². The third-order valence-corrected chi connectivity index (χ3v) is 3.58. The first-order valence-electron chi connectivity index (χ1n) is 6.28. The van der Waals surface area contributed by atoms with Crippen LogP contribution in [0.4, 0.5) is 0 Å². The molecule has 0 aliphatic rings. The number of aryl methyl sites for hydroxylation is 1. The van der Waals surface area contributed by atoms with Crippen LogP contribution < -0.4 is 0 Å². The molecule has 0 aliphatic heterocycles. The zero-order valence-corrected chi connectivity index (χ0v) is 12.0. The lowest BCUT2D eigenvalue weighted by molar-refractivity contribution is -0.110. The molecule has 0 heterocycles. The summed E-state index contributed by atoms with van der Waals surface area (Å²) in [6.45, 7) is 8.52. The Morgan fingerprint density at radius 2 is 1.82 bits per heavy atom. The molecule has 0 bridgehead atoms. The number of carbonyl (C=O) groups excluding carboxylic acids is 1. The predicted molar refractivity (Wildman–Crippen MR) is 76.6 cm³/mol. The fourth-order valence-electron chi connectivity index (χ4n) is 1.88. The third-order valence-electron chi connectivity index (χ3n) is 2.64. The Labute approximate surface area is 109 Å². The van der Waals surface area contributed by atoms with Crippen LogP contribution >= 0.6 is 11.8 Å². The standard InChI is InChI=1S/C15H22OS/c1-11(2)14-8-6-5-7-13(14)9-10-15(16)17-12(3)4/h5-8,11-12H,9-10H2,1-4H3. The molecule has 1 aromatic carbocycles. The Bertz CT molecular complexity index is 369. The first-order chi connectivity index (χ1) is 8.00. The van der Waals surface area contributed by atoms with Crippen molar-refractivity contribution in [3.05, 3.63) is 35.4 Å². The van der Waals surface area contributed by atoms with Gasteiger partial charge in [0, 0.05) is 11.7 Å². The molecule has 0 unspecified atom stereocenters. The van der Waals surface area contributed by atoms with Gasteiger partial charge >= 0.3 is 0 Å². The van der Waals surface area contributed by atoms with Gasteiger partial charge in [-0.3, -0.25) is 4.79 Å². The quantitative estimate of drug-likeness (QED) is 0.770. The van der Waals surface area contributed by atoms with E-state index in [9.17, 15) is 4.79 Å². The molecule has 0 aromatic heterocycles. The summed E-state index contributed by atoms with van der Waals surface area (Å²) in [5.74, 6) is 0.527. The lowest BCUT2D eigenvalue weighted by atomic mass is 9.95. The van der Waals surface area contributed by atoms with Crippen LogP contribution in [-0.2, 0) is 11.2 Å². The molecule has 0 saturated heterocycles. The largest absolute Gasteiger partial charge is 0.287 e. The van der Waals surface area contributed by atoms with Crippen molar-refractivity contribution in [1.29, 1.82) is 0 Å². The molecule has 0 radical (unpaired) electrons. The highest BCUT2D eigenvalue weighted by Gasteiger charge is 2.09. The summed E-state index contributed by atoms with van der Waals surface area (Å²) in [4.78, 5) is 11.7. The van der Waals surface area contributed by atoms with Crippen LogP contribution in [0.5, 0.6) is 0 Å². The highest BCUT2D eigenvalue weighted by Crippen LogP contribution is 2.22. The maximum Gasteiger partial charge on any atom is 0.189 e. The van der Waals surface area contributed by atoms with Crippen molar-refractivity contribution in [2.75, 3.05) is 0 Å². The van der Waals surface area contributed by atoms with Crippen molar-refractivity contribution in [3.63, 3.8) is 0 Å². The van der Waals surface area contributed by atoms with E-state index in [1.54, 1.807) is 0 Å². The van der Waals surface area contributed by atoms with Gasteiger partial charge in [-0.15, -0.1) is 0 Å². The molecule has 0 saturated carbocycles. The SMILES string of the molecule is CC(C)SC(=O)CCc1ccccc1C(C)C. The molecule has 0 N–H and O–H groups in total. The van der Waals surface area contributed by atoms with Gasteiger partial charge in [0.15, 0.2) is 5.12 Å². The third kappa shape index (κ3) is 4.95. The van der Waals surface area contributed by atoms with Gasteiger partial charge in [-0.2, -0.15) is 0 Å². The lowest BCUT2D eigenvalue weighted by Crippen LogP contribution is -2.02. The second-order valence-corrected chi connectivity index (χ2v) is 6.53. The topological polar surface area (TPSA) is 17.1 Å². The summed E-state index contributed by atoms with van der Waals surface area (Å²) in [5.41, 5.74) is 2.69. The van der Waals surface area contributed by atoms with Gasteiger partial charge in [0.1, 0.15) is 0 Å². The molecule has 0 fully saturated rings. The van der Waals surface area contributed by atoms with Crippen LogP contribution in [0.1, 0.15) is 51.2 Å². The normalized spacial score (nSPS) is 11.2. The van der Waals surface area contributed by atoms with Gasteiger partial charge in [0.05, 0.1) is 0 Å². The number of hydrogen-bond acceptors (Lipinski definition) is 2. The van der Waals surface area contributed by atoms with Crippen molar-refractivity contribution in [2.24, 2.45) is 0 Å². The maximum atomic E-state index is 11.7. The van der Waals surface area contributed by atoms with Crippen molar-refractivity contribution in [2.45, 2.75) is 51.7 Å². The molecule has 2 heteroatoms. The monoisotopic (exact) mass is 250 g/mol. The Morgan fingerprint density at radius 3 is 2.41 bits per heavy atom. The van der Waals surface area contributed by atoms with E-state index < -0.39 is 0 Å². The highest BCUT2D eigenvalue weighted by molar-refractivity contribution is 8.14. The van der Waals surface area contributed by atoms with Gasteiger partial charge in [0.2, 0.25) is 0 Å². The predicted octanol–water partition coefficient (Wildman–Crippen LogP) is 4.41. The molecular formula is C15H22OS. The van der Waals surface area contributed by atoms with Crippen molar-refractivity contribution >= 4 is 16.9 Å². The van der Waals surface area contributed by atoms with E-state index in [-0.39, 0.29) is 0 Å². The average Bonchev–Trinajstić information content (AvgIpc) is 2.25. The van der Waals surface area contributed by atoms with E-state index in [0.29, 0.717) is 22.7 Å². The lowest BCUT2D eigenvalue weighted by Gasteiger charge is -2.12. The molecule has 0 atom stereocenters. The van der Waals surface area contributed by atoms with Gasteiger partial charge in [0.25, 0.3) is 0 Å². The molecule has 1 nitrogen and oxygen atoms in total. The molecule has 0 spiro atoms. The van der Waals surface area contributed by atoms with E-state index >= 15 is 0 Å². The van der Waals surface area contributed by atoms with Crippen molar-refractivity contribution < 1.29 is 4.79 Å². The molecule has 1 aromatic rings. The van der Waals surface area contributed by atoms with E-state index in [4.69, 9.17) is 0 Å². The second-order valence-electron chi connectivity index (χ2n) is 4.89. The summed E-state index contributed by atoms with van der Waals surface area (Å²) in [6.07, 6.45) is 1.51. The van der Waals surface area contributed by atoms with Crippen LogP contribution in [0.2, 0.25) is 0 Å². The number of carbonyl (C=O) groups is 1. The minimum absolute atomic E-state index is 0.304. The molecule has 94 valence electrons. The Balaban J connectivity index is 2.60. The summed E-state index contributed by atoms with van der Waals surface area (Å²) in [7, 11) is 0. The van der Waals surface area contributed by atoms with Gasteiger partial charge < -0.3 is 0 Å². The molecular weight excluding hydrogens is 228 g/mol. The zero-order valence-electron chi connectivity index (χ0n) is 11.2. The van der Waals surface area contributed by atoms with Gasteiger partial charge in [-0.1, -0.05) is 63.7 Å². The van der Waals surface area contributed by atoms with E-state index in [0.717, 1.165) is 6.42 Å². The minimum Gasteiger partial charge on any atom is -0.287 e. The number of rotatable bonds is 5. The zero-order chi connectivity index (χ0) is 12.8. The minimum atomic E-state index is 0.304. The van der Waals surface area contributed by atoms with Crippen LogP contribution in [0.3, 0.4) is 0 Å². The fourth-order valence-corrected chi connectivity index (χ4v) is 2.63. The summed E-state index contributed by atoms with van der Waals surface area (Å²) in [6, 6.07) is 8.44. The Morgan fingerprint density at radius 1 is 1.18 bits per heavy atom. The maximum absolute atomic E-state index is 11.7. The van der Waals surface area contributed by atoms with Crippen LogP contribution in [0.15, 0.2) is 24.3 Å². The molecule has 0 aliphatic carbocycles. The molecule has 1 rings (SSSR count). The van der Waals surface area contributed by atoms with Gasteiger partial charge in [-0.25, -0.2) is 0 Å². The summed E-state index contributed by atoms with van der Waals surface area (Å²) < 4.78 is 0. The second kappa shape index (κ2) is 6.85. The number of benzene rings is 1. The van der Waals surface area contributed by atoms with E-state index in [1.807, 2.05) is 0 Å². The Hall–Kier alpha value is -0.760. The average molecular weight is 250 g/mol. The molecule has 17 heavy (non-hydrogen) atoms. The van der Waals surface area contributed by atoms with Crippen LogP contribution in [0, 0.1) is 0 Å². The number of hydrogen-bond donors (Lipinski definition) is 0. The fraction of sp³-hybridized carbons (Fsp3) is 0.533. The summed E-state index contributed by atoms with van der Waals surface area (Å²) in [5, 5.41) is 0.696. The van der Waals surface area contributed by atoms with E-state index in [1.165, 1.54) is 22.9 Å². The smallest absolute Gasteiger partial charge is 0.189 e. The number of thioether (sulfide) groups is 1. The first kappa shape index (κ1) is 14.3. The first-order valence-corrected chi connectivity index (χ1v) is 7.16. The summed E-state index contributed by atoms with van der Waals surface area (Å²) >= 11 is 1.45. The highest BCUT2D eigenvalue weighted by atomic mass is 32.2. The van der Waals surface area contributed by atoms with Crippen molar-refractivity contribution in [3.8, 4) is 0 Å². The molecule has 0 amide bonds. The van der Waals surface area contributed by atoms with Crippen molar-refractivity contribution in [1.82, 2.24) is 0 Å².